The monoisotopic (exact) mass is 884 g/mol. The molecule has 0 unspecified atom stereocenters. The molecule has 4 aromatic rings. The molecule has 0 bridgehead atoms. The molecule has 2 fully saturated rings. The number of nitrogens with one attached hydrogen (secondary N) is 1. The van der Waals surface area contributed by atoms with E-state index in [0.29, 0.717) is 43.9 Å². The molecule has 0 saturated carbocycles. The number of piperidine rings is 1. The predicted molar refractivity (Wildman–Crippen MR) is 235 cm³/mol. The summed E-state index contributed by atoms with van der Waals surface area (Å²) in [7, 11) is -1.14. The summed E-state index contributed by atoms with van der Waals surface area (Å²) in [5.41, 5.74) is -1.99. The smallest absolute Gasteiger partial charge is 0.399 e. The molecule has 2 aliphatic rings. The van der Waals surface area contributed by atoms with Crippen LogP contribution in [0.3, 0.4) is 0 Å². The first kappa shape index (κ1) is 49.3. The predicted octanol–water partition coefficient (Wildman–Crippen LogP) is 9.57. The third-order valence-electron chi connectivity index (χ3n) is 12.1. The molecular formula is C46H59BF6N6O4. The number of anilines is 1. The lowest BCUT2D eigenvalue weighted by Gasteiger charge is -2.32. The Hall–Kier alpha value is -4.74. The molecule has 63 heavy (non-hydrogen) atoms. The Balaban J connectivity index is 0.000000253. The number of rotatable bonds is 13. The van der Waals surface area contributed by atoms with Gasteiger partial charge >= 0.3 is 19.5 Å². The van der Waals surface area contributed by atoms with Crippen LogP contribution in [0.1, 0.15) is 113 Å². The fourth-order valence-electron chi connectivity index (χ4n) is 7.69. The van der Waals surface area contributed by atoms with Crippen molar-refractivity contribution in [3.8, 4) is 11.3 Å². The van der Waals surface area contributed by atoms with E-state index in [1.54, 1.807) is 79.9 Å². The van der Waals surface area contributed by atoms with E-state index in [2.05, 4.69) is 20.2 Å². The zero-order valence-corrected chi connectivity index (χ0v) is 37.5. The van der Waals surface area contributed by atoms with Crippen molar-refractivity contribution in [1.82, 2.24) is 24.7 Å². The first-order chi connectivity index (χ1) is 29.6. The number of pyridine rings is 2. The number of fused-ring (bicyclic) bond motifs is 1. The van der Waals surface area contributed by atoms with Gasteiger partial charge in [-0.2, -0.15) is 26.3 Å². The van der Waals surface area contributed by atoms with Gasteiger partial charge in [0.2, 0.25) is 0 Å². The van der Waals surface area contributed by atoms with Crippen LogP contribution in [0.15, 0.2) is 60.9 Å². The van der Waals surface area contributed by atoms with E-state index in [-0.39, 0.29) is 27.8 Å². The number of hydrogen-bond donors (Lipinski definition) is 1. The molecule has 2 aromatic heterocycles. The van der Waals surface area contributed by atoms with Crippen LogP contribution >= 0.6 is 0 Å². The molecule has 10 nitrogen and oxygen atoms in total. The van der Waals surface area contributed by atoms with E-state index in [1.807, 2.05) is 0 Å². The van der Waals surface area contributed by atoms with Gasteiger partial charge in [-0.05, 0) is 136 Å². The number of carbonyl (C=O) groups is 2. The summed E-state index contributed by atoms with van der Waals surface area (Å²) in [4.78, 5) is 39.3. The number of aromatic nitrogens is 2. The SMILES string of the molecule is CCN(CC)C(=O)c1ccc(-c2cc(NCCCN3CCCCC3)c3cnccc3n2)c(C(F)(F)F)c1.CCN(CC)C(=O)c1ccc(B2OC(C)(C)C(C)(C)O2)c(C(F)(F)F)c1. The first-order valence-corrected chi connectivity index (χ1v) is 21.7. The number of likely N-dealkylation sites (tertiary alicyclic amines) is 1. The third-order valence-corrected chi connectivity index (χ3v) is 12.1. The Morgan fingerprint density at radius 1 is 0.762 bits per heavy atom. The molecule has 2 aliphatic heterocycles. The molecule has 2 amide bonds. The Morgan fingerprint density at radius 3 is 1.84 bits per heavy atom. The molecule has 17 heteroatoms. The number of halogens is 6. The third kappa shape index (κ3) is 11.7. The van der Waals surface area contributed by atoms with Crippen molar-refractivity contribution in [2.24, 2.45) is 0 Å². The van der Waals surface area contributed by atoms with Crippen molar-refractivity contribution >= 4 is 41.0 Å². The van der Waals surface area contributed by atoms with Crippen LogP contribution in [0.2, 0.25) is 0 Å². The van der Waals surface area contributed by atoms with E-state index in [4.69, 9.17) is 9.31 Å². The maximum atomic E-state index is 14.2. The zero-order valence-electron chi connectivity index (χ0n) is 37.5. The minimum Gasteiger partial charge on any atom is -0.399 e. The summed E-state index contributed by atoms with van der Waals surface area (Å²) in [6.07, 6.45) is -1.33. The largest absolute Gasteiger partial charge is 0.495 e. The molecule has 342 valence electrons. The Morgan fingerprint density at radius 2 is 1.30 bits per heavy atom. The molecule has 0 radical (unpaired) electrons. The van der Waals surface area contributed by atoms with Crippen LogP contribution in [0, 0.1) is 0 Å². The van der Waals surface area contributed by atoms with Crippen molar-refractivity contribution < 1.29 is 45.2 Å². The summed E-state index contributed by atoms with van der Waals surface area (Å²) in [6.45, 7) is 19.9. The topological polar surface area (TPSA) is 100 Å². The van der Waals surface area contributed by atoms with E-state index in [0.717, 1.165) is 43.6 Å². The van der Waals surface area contributed by atoms with Gasteiger partial charge in [-0.15, -0.1) is 0 Å². The number of hydrogen-bond acceptors (Lipinski definition) is 8. The lowest BCUT2D eigenvalue weighted by atomic mass is 9.75. The van der Waals surface area contributed by atoms with Crippen molar-refractivity contribution in [3.63, 3.8) is 0 Å². The van der Waals surface area contributed by atoms with Gasteiger partial charge in [-0.1, -0.05) is 18.6 Å². The highest BCUT2D eigenvalue weighted by molar-refractivity contribution is 6.62. The van der Waals surface area contributed by atoms with E-state index < -0.39 is 53.6 Å². The van der Waals surface area contributed by atoms with Crippen LogP contribution in [-0.4, -0.2) is 107 Å². The second kappa shape index (κ2) is 20.4. The molecular weight excluding hydrogens is 825 g/mol. The standard InChI is InChI=1S/C28H34F3N5O.C18H25BF3NO3/c1-3-36(4-2)27(37)20-9-10-21(23(17-20)28(29,30)31)26-18-25(22-19-32-13-11-24(22)34-26)33-12-8-16-35-14-6-5-7-15-35;1-7-23(8-2)15(24)12-9-10-14(13(11-12)18(20,21)22)19-25-16(3,4)17(5,6)26-19/h9-11,13,17-19H,3-8,12,14-16H2,1-2H3,(H,33,34);9-11H,7-8H2,1-6H3. The highest BCUT2D eigenvalue weighted by atomic mass is 19.4. The van der Waals surface area contributed by atoms with Gasteiger partial charge in [0.25, 0.3) is 11.8 Å². The van der Waals surface area contributed by atoms with Gasteiger partial charge in [-0.25, -0.2) is 4.98 Å². The second-order valence-electron chi connectivity index (χ2n) is 16.7. The Kier molecular flexibility index (Phi) is 16.0. The van der Waals surface area contributed by atoms with E-state index >= 15 is 0 Å². The normalized spacial score (nSPS) is 16.4. The summed E-state index contributed by atoms with van der Waals surface area (Å²) in [5, 5.41) is 4.16. The number of alkyl halides is 6. The van der Waals surface area contributed by atoms with Crippen LogP contribution < -0.4 is 10.8 Å². The van der Waals surface area contributed by atoms with E-state index in [9.17, 15) is 35.9 Å². The number of amides is 2. The van der Waals surface area contributed by atoms with Crippen LogP contribution in [-0.2, 0) is 21.7 Å². The molecule has 2 aromatic carbocycles. The summed E-state index contributed by atoms with van der Waals surface area (Å²) < 4.78 is 95.1. The second-order valence-corrected chi connectivity index (χ2v) is 16.7. The molecule has 6 rings (SSSR count). The molecule has 2 saturated heterocycles. The highest BCUT2D eigenvalue weighted by Crippen LogP contribution is 2.40. The van der Waals surface area contributed by atoms with Gasteiger partial charge in [0.05, 0.1) is 33.5 Å². The van der Waals surface area contributed by atoms with Crippen LogP contribution in [0.25, 0.3) is 22.2 Å². The average molecular weight is 885 g/mol. The maximum Gasteiger partial charge on any atom is 0.495 e. The van der Waals surface area contributed by atoms with Crippen LogP contribution in [0.4, 0.5) is 32.0 Å². The van der Waals surface area contributed by atoms with Gasteiger partial charge in [0, 0.05) is 72.9 Å². The summed E-state index contributed by atoms with van der Waals surface area (Å²) >= 11 is 0. The summed E-state index contributed by atoms with van der Waals surface area (Å²) in [5.74, 6) is -0.850. The van der Waals surface area contributed by atoms with Gasteiger partial charge in [0.1, 0.15) is 0 Å². The van der Waals surface area contributed by atoms with Gasteiger partial charge in [-0.3, -0.25) is 14.6 Å². The van der Waals surface area contributed by atoms with E-state index in [1.165, 1.54) is 53.3 Å². The molecule has 0 spiro atoms. The maximum absolute atomic E-state index is 14.2. The number of benzene rings is 2. The Labute approximate surface area is 366 Å². The molecule has 4 heterocycles. The fourth-order valence-corrected chi connectivity index (χ4v) is 7.69. The Bertz CT molecular complexity index is 2190. The lowest BCUT2D eigenvalue weighted by Crippen LogP contribution is -2.41. The fraction of sp³-hybridized carbons (Fsp3) is 0.522. The van der Waals surface area contributed by atoms with Crippen molar-refractivity contribution in [2.45, 2.75) is 105 Å². The van der Waals surface area contributed by atoms with Crippen molar-refractivity contribution in [2.75, 3.05) is 57.7 Å². The minimum absolute atomic E-state index is 0.00120. The van der Waals surface area contributed by atoms with Crippen LogP contribution in [0.5, 0.6) is 0 Å². The van der Waals surface area contributed by atoms with Crippen molar-refractivity contribution in [1.29, 1.82) is 0 Å². The number of nitrogens with zero attached hydrogens (tertiary/aromatic N) is 5. The number of carbonyl (C=O) groups excluding carboxylic acids is 2. The summed E-state index contributed by atoms with van der Waals surface area (Å²) in [6, 6.07) is 10.7. The van der Waals surface area contributed by atoms with Crippen molar-refractivity contribution in [3.05, 3.63) is 83.2 Å². The minimum atomic E-state index is -4.65. The first-order valence-electron chi connectivity index (χ1n) is 21.7. The van der Waals surface area contributed by atoms with Gasteiger partial charge < -0.3 is 29.3 Å². The van der Waals surface area contributed by atoms with Gasteiger partial charge in [0.15, 0.2) is 0 Å². The lowest BCUT2D eigenvalue weighted by molar-refractivity contribution is -0.137. The average Bonchev–Trinajstić information content (AvgIpc) is 3.47. The molecule has 0 atom stereocenters. The molecule has 1 N–H and O–H groups in total. The molecule has 0 aliphatic carbocycles. The highest BCUT2D eigenvalue weighted by Gasteiger charge is 2.53. The zero-order chi connectivity index (χ0) is 46.3. The quantitative estimate of drug-likeness (QED) is 0.0806.